The van der Waals surface area contributed by atoms with Gasteiger partial charge in [0, 0.05) is 29.2 Å². The summed E-state index contributed by atoms with van der Waals surface area (Å²) in [6.07, 6.45) is 9.99. The van der Waals surface area contributed by atoms with E-state index in [4.69, 9.17) is 4.74 Å². The summed E-state index contributed by atoms with van der Waals surface area (Å²) in [5.41, 5.74) is 3.07. The Labute approximate surface area is 183 Å². The number of hydrogen-bond acceptors (Lipinski definition) is 6. The monoisotopic (exact) mass is 429 g/mol. The van der Waals surface area contributed by atoms with Gasteiger partial charge in [-0.2, -0.15) is 4.68 Å². The summed E-state index contributed by atoms with van der Waals surface area (Å²) >= 11 is 0. The third kappa shape index (κ3) is 4.62. The summed E-state index contributed by atoms with van der Waals surface area (Å²) in [7, 11) is 1.55. The molecule has 0 radical (unpaired) electrons. The van der Waals surface area contributed by atoms with Crippen molar-refractivity contribution in [1.82, 2.24) is 19.3 Å². The zero-order chi connectivity index (χ0) is 22.5. The molecule has 0 unspecified atom stereocenters. The minimum absolute atomic E-state index is 0.123. The lowest BCUT2D eigenvalue weighted by Gasteiger charge is -2.08. The van der Waals surface area contributed by atoms with Gasteiger partial charge in [0.1, 0.15) is 5.75 Å². The van der Waals surface area contributed by atoms with E-state index in [0.29, 0.717) is 17.9 Å². The number of carbonyl (C=O) groups excluding carboxylic acids is 1. The zero-order valence-corrected chi connectivity index (χ0v) is 17.2. The summed E-state index contributed by atoms with van der Waals surface area (Å²) in [5, 5.41) is 14.8. The second-order valence-corrected chi connectivity index (χ2v) is 6.91. The summed E-state index contributed by atoms with van der Waals surface area (Å²) < 4.78 is 8.72. The Kier molecular flexibility index (Phi) is 5.89. The van der Waals surface area contributed by atoms with Crippen molar-refractivity contribution in [2.24, 2.45) is 0 Å². The van der Waals surface area contributed by atoms with Crippen LogP contribution in [0.1, 0.15) is 21.5 Å². The number of aromatic nitrogens is 4. The first-order chi connectivity index (χ1) is 15.5. The van der Waals surface area contributed by atoms with Crippen molar-refractivity contribution < 1.29 is 14.5 Å². The van der Waals surface area contributed by atoms with Gasteiger partial charge in [-0.15, -0.1) is 0 Å². The van der Waals surface area contributed by atoms with E-state index in [1.165, 1.54) is 23.0 Å². The van der Waals surface area contributed by atoms with Crippen LogP contribution in [0, 0.1) is 10.1 Å². The van der Waals surface area contributed by atoms with E-state index < -0.39 is 4.92 Å². The van der Waals surface area contributed by atoms with Crippen molar-refractivity contribution in [2.75, 3.05) is 7.11 Å². The number of carbonyl (C=O) groups is 1. The largest absolute Gasteiger partial charge is 0.496 e. The van der Waals surface area contributed by atoms with Crippen LogP contribution in [-0.2, 0) is 6.54 Å². The normalized spacial score (nSPS) is 11.0. The van der Waals surface area contributed by atoms with Crippen molar-refractivity contribution >= 4 is 17.7 Å². The number of ketones is 1. The van der Waals surface area contributed by atoms with Crippen LogP contribution in [-0.4, -0.2) is 37.1 Å². The van der Waals surface area contributed by atoms with E-state index in [1.807, 2.05) is 35.0 Å². The van der Waals surface area contributed by atoms with Crippen molar-refractivity contribution in [3.8, 4) is 11.4 Å². The first-order valence-corrected chi connectivity index (χ1v) is 9.69. The van der Waals surface area contributed by atoms with E-state index in [9.17, 15) is 14.9 Å². The molecule has 0 saturated heterocycles. The fourth-order valence-corrected chi connectivity index (χ4v) is 3.21. The van der Waals surface area contributed by atoms with Crippen LogP contribution in [0.15, 0.2) is 79.5 Å². The van der Waals surface area contributed by atoms with Gasteiger partial charge in [-0.3, -0.25) is 4.79 Å². The molecule has 32 heavy (non-hydrogen) atoms. The number of benzene rings is 2. The van der Waals surface area contributed by atoms with Gasteiger partial charge >= 0.3 is 5.82 Å². The number of nitro groups is 1. The highest BCUT2D eigenvalue weighted by Gasteiger charge is 2.13. The molecule has 0 amide bonds. The third-order valence-corrected chi connectivity index (χ3v) is 4.83. The predicted octanol–water partition coefficient (Wildman–Crippen LogP) is 3.93. The number of rotatable bonds is 8. The second kappa shape index (κ2) is 9.09. The number of imidazole rings is 1. The van der Waals surface area contributed by atoms with Crippen LogP contribution in [0.2, 0.25) is 0 Å². The molecule has 4 aromatic rings. The number of hydrogen-bond donors (Lipinski definition) is 0. The summed E-state index contributed by atoms with van der Waals surface area (Å²) in [6, 6.07) is 14.1. The van der Waals surface area contributed by atoms with E-state index in [1.54, 1.807) is 43.9 Å². The van der Waals surface area contributed by atoms with Gasteiger partial charge in [-0.25, -0.2) is 4.98 Å². The van der Waals surface area contributed by atoms with Crippen LogP contribution < -0.4 is 4.74 Å². The molecular weight excluding hydrogens is 410 g/mol. The Balaban J connectivity index is 1.50. The molecular formula is C23H19N5O4. The SMILES string of the molecule is COc1ccc(/C=C/C(=O)c2ccc(-n3ccnc3)cc2)cc1Cn1ccc([N+](=O)[O-])n1. The zero-order valence-electron chi connectivity index (χ0n) is 17.2. The average molecular weight is 429 g/mol. The summed E-state index contributed by atoms with van der Waals surface area (Å²) in [5.74, 6) is 0.286. The minimum Gasteiger partial charge on any atom is -0.496 e. The average Bonchev–Trinajstić information content (AvgIpc) is 3.50. The van der Waals surface area contributed by atoms with Crippen LogP contribution in [0.25, 0.3) is 11.8 Å². The molecule has 160 valence electrons. The van der Waals surface area contributed by atoms with Gasteiger partial charge < -0.3 is 19.4 Å². The molecule has 9 nitrogen and oxygen atoms in total. The molecule has 0 aliphatic rings. The van der Waals surface area contributed by atoms with Gasteiger partial charge in [0.15, 0.2) is 5.78 Å². The van der Waals surface area contributed by atoms with Crippen LogP contribution in [0.3, 0.4) is 0 Å². The first kappa shape index (κ1) is 20.7. The Hall–Kier alpha value is -4.53. The molecule has 0 N–H and O–H groups in total. The molecule has 4 rings (SSSR count). The Bertz CT molecular complexity index is 1270. The van der Waals surface area contributed by atoms with Gasteiger partial charge in [0.25, 0.3) is 0 Å². The lowest BCUT2D eigenvalue weighted by atomic mass is 10.1. The molecule has 0 saturated carbocycles. The highest BCUT2D eigenvalue weighted by Crippen LogP contribution is 2.22. The summed E-state index contributed by atoms with van der Waals surface area (Å²) in [6.45, 7) is 0.294. The molecule has 0 fully saturated rings. The highest BCUT2D eigenvalue weighted by atomic mass is 16.6. The van der Waals surface area contributed by atoms with E-state index in [0.717, 1.165) is 16.8 Å². The van der Waals surface area contributed by atoms with Gasteiger partial charge in [-0.05, 0) is 53.0 Å². The van der Waals surface area contributed by atoms with E-state index in [-0.39, 0.29) is 11.6 Å². The topological polar surface area (TPSA) is 105 Å². The molecule has 2 aromatic heterocycles. The van der Waals surface area contributed by atoms with Crippen LogP contribution in [0.4, 0.5) is 5.82 Å². The lowest BCUT2D eigenvalue weighted by molar-refractivity contribution is -0.389. The third-order valence-electron chi connectivity index (χ3n) is 4.83. The molecule has 0 spiro atoms. The smallest absolute Gasteiger partial charge is 0.389 e. The maximum atomic E-state index is 12.6. The van der Waals surface area contributed by atoms with Crippen molar-refractivity contribution in [2.45, 2.75) is 6.54 Å². The molecule has 0 aliphatic carbocycles. The number of nitrogens with zero attached hydrogens (tertiary/aromatic N) is 5. The Morgan fingerprint density at radius 2 is 1.97 bits per heavy atom. The maximum absolute atomic E-state index is 12.6. The molecule has 0 aliphatic heterocycles. The van der Waals surface area contributed by atoms with E-state index >= 15 is 0 Å². The Morgan fingerprint density at radius 3 is 2.62 bits per heavy atom. The van der Waals surface area contributed by atoms with Crippen molar-refractivity contribution in [3.63, 3.8) is 0 Å². The molecule has 0 atom stereocenters. The first-order valence-electron chi connectivity index (χ1n) is 9.69. The lowest BCUT2D eigenvalue weighted by Crippen LogP contribution is -2.03. The fourth-order valence-electron chi connectivity index (χ4n) is 3.21. The Morgan fingerprint density at radius 1 is 1.16 bits per heavy atom. The maximum Gasteiger partial charge on any atom is 0.389 e. The second-order valence-electron chi connectivity index (χ2n) is 6.91. The van der Waals surface area contributed by atoms with Crippen molar-refractivity contribution in [3.05, 3.63) is 106 Å². The van der Waals surface area contributed by atoms with Gasteiger partial charge in [0.05, 0.1) is 37.3 Å². The quantitative estimate of drug-likeness (QED) is 0.182. The number of ether oxygens (including phenoxy) is 1. The van der Waals surface area contributed by atoms with Crippen LogP contribution in [0.5, 0.6) is 5.75 Å². The van der Waals surface area contributed by atoms with Gasteiger partial charge in [0.2, 0.25) is 0 Å². The minimum atomic E-state index is -0.541. The molecule has 2 aromatic carbocycles. The summed E-state index contributed by atoms with van der Waals surface area (Å²) in [4.78, 5) is 26.9. The highest BCUT2D eigenvalue weighted by molar-refractivity contribution is 6.06. The van der Waals surface area contributed by atoms with Crippen molar-refractivity contribution in [1.29, 1.82) is 0 Å². The number of allylic oxidation sites excluding steroid dienone is 1. The van der Waals surface area contributed by atoms with E-state index in [2.05, 4.69) is 10.1 Å². The van der Waals surface area contributed by atoms with Gasteiger partial charge in [-0.1, -0.05) is 12.1 Å². The molecule has 2 heterocycles. The number of methoxy groups -OCH3 is 1. The van der Waals surface area contributed by atoms with Crippen LogP contribution >= 0.6 is 0 Å². The fraction of sp³-hybridized carbons (Fsp3) is 0.0870. The standard InChI is InChI=1S/C23H19N5O4/c1-32-22-9-3-17(14-19(22)15-27-12-10-23(25-27)28(30)31)2-8-21(29)18-4-6-20(7-5-18)26-13-11-24-16-26/h2-14,16H,15H2,1H3/b8-2+. The molecule has 9 heteroatoms. The molecule has 0 bridgehead atoms. The predicted molar refractivity (Wildman–Crippen MR) is 118 cm³/mol.